The van der Waals surface area contributed by atoms with Crippen LogP contribution in [0.1, 0.15) is 36.0 Å². The molecule has 1 aromatic rings. The third-order valence-corrected chi connectivity index (χ3v) is 5.22. The summed E-state index contributed by atoms with van der Waals surface area (Å²) in [5, 5.41) is 14.6. The first kappa shape index (κ1) is 16.1. The van der Waals surface area contributed by atoms with Crippen molar-refractivity contribution in [3.63, 3.8) is 0 Å². The Kier molecular flexibility index (Phi) is 5.47. The molecular formula is C14H17ClN2O3S. The fraction of sp³-hybridized carbons (Fsp3) is 0.500. The zero-order valence-electron chi connectivity index (χ0n) is 11.7. The van der Waals surface area contributed by atoms with Crippen LogP contribution in [0.4, 0.5) is 5.69 Å². The summed E-state index contributed by atoms with van der Waals surface area (Å²) in [5.74, 6) is -0.337. The van der Waals surface area contributed by atoms with Gasteiger partial charge in [0, 0.05) is 23.4 Å². The number of halogens is 1. The van der Waals surface area contributed by atoms with E-state index in [4.69, 9.17) is 11.6 Å². The first-order valence-corrected chi connectivity index (χ1v) is 8.45. The van der Waals surface area contributed by atoms with E-state index in [-0.39, 0.29) is 28.2 Å². The third-order valence-electron chi connectivity index (χ3n) is 3.75. The fourth-order valence-corrected chi connectivity index (χ4v) is 3.45. The van der Waals surface area contributed by atoms with Gasteiger partial charge in [-0.2, -0.15) is 11.8 Å². The van der Waals surface area contributed by atoms with Gasteiger partial charge in [-0.15, -0.1) is 0 Å². The average Bonchev–Trinajstić information content (AvgIpc) is 2.48. The van der Waals surface area contributed by atoms with Crippen LogP contribution in [0.3, 0.4) is 0 Å². The molecule has 0 bridgehead atoms. The summed E-state index contributed by atoms with van der Waals surface area (Å²) < 4.78 is 0. The van der Waals surface area contributed by atoms with E-state index < -0.39 is 4.92 Å². The molecule has 0 aliphatic heterocycles. The van der Waals surface area contributed by atoms with Gasteiger partial charge in [-0.3, -0.25) is 14.9 Å². The SMILES string of the molecule is CSC1CCC(NC(=O)c2cc([N+](=O)[O-])ccc2Cl)CC1. The Bertz CT molecular complexity index is 545. The number of nitrogens with one attached hydrogen (secondary N) is 1. The van der Waals surface area contributed by atoms with Crippen molar-refractivity contribution >= 4 is 35.0 Å². The summed E-state index contributed by atoms with van der Waals surface area (Å²) in [6.07, 6.45) is 6.13. The zero-order valence-corrected chi connectivity index (χ0v) is 13.2. The van der Waals surface area contributed by atoms with E-state index >= 15 is 0 Å². The number of nitro benzene ring substituents is 1. The Morgan fingerprint density at radius 3 is 2.62 bits per heavy atom. The minimum Gasteiger partial charge on any atom is -0.349 e. The summed E-state index contributed by atoms with van der Waals surface area (Å²) in [4.78, 5) is 22.5. The number of amides is 1. The van der Waals surface area contributed by atoms with E-state index in [1.54, 1.807) is 0 Å². The largest absolute Gasteiger partial charge is 0.349 e. The Morgan fingerprint density at radius 2 is 2.05 bits per heavy atom. The Hall–Kier alpha value is -1.27. The van der Waals surface area contributed by atoms with Crippen LogP contribution >= 0.6 is 23.4 Å². The number of hydrogen-bond acceptors (Lipinski definition) is 4. The van der Waals surface area contributed by atoms with Crippen LogP contribution in [0.2, 0.25) is 5.02 Å². The minimum absolute atomic E-state index is 0.122. The molecule has 114 valence electrons. The molecule has 0 atom stereocenters. The minimum atomic E-state index is -0.531. The molecule has 0 unspecified atom stereocenters. The van der Waals surface area contributed by atoms with Crippen LogP contribution in [-0.2, 0) is 0 Å². The van der Waals surface area contributed by atoms with Crippen molar-refractivity contribution in [1.29, 1.82) is 0 Å². The summed E-state index contributed by atoms with van der Waals surface area (Å²) in [7, 11) is 0. The second-order valence-electron chi connectivity index (χ2n) is 5.10. The molecule has 7 heteroatoms. The van der Waals surface area contributed by atoms with Gasteiger partial charge in [0.1, 0.15) is 0 Å². The summed E-state index contributed by atoms with van der Waals surface area (Å²) in [5.41, 5.74) is 0.0356. The molecule has 2 rings (SSSR count). The van der Waals surface area contributed by atoms with Gasteiger partial charge in [-0.05, 0) is 38.0 Å². The monoisotopic (exact) mass is 328 g/mol. The number of carbonyl (C=O) groups is 1. The van der Waals surface area contributed by atoms with Crippen LogP contribution in [0.15, 0.2) is 18.2 Å². The van der Waals surface area contributed by atoms with E-state index in [1.807, 2.05) is 11.8 Å². The third kappa shape index (κ3) is 4.11. The number of carbonyl (C=O) groups excluding carboxylic acids is 1. The molecule has 0 radical (unpaired) electrons. The molecule has 0 aromatic heterocycles. The molecule has 1 fully saturated rings. The number of thioether (sulfide) groups is 1. The summed E-state index contributed by atoms with van der Waals surface area (Å²) in [6, 6.07) is 4.03. The van der Waals surface area contributed by atoms with Crippen molar-refractivity contribution in [2.24, 2.45) is 0 Å². The van der Waals surface area contributed by atoms with Crippen molar-refractivity contribution in [3.05, 3.63) is 38.9 Å². The highest BCUT2D eigenvalue weighted by molar-refractivity contribution is 7.99. The molecule has 1 aromatic carbocycles. The first-order chi connectivity index (χ1) is 10.0. The lowest BCUT2D eigenvalue weighted by Gasteiger charge is -2.28. The number of hydrogen-bond donors (Lipinski definition) is 1. The van der Waals surface area contributed by atoms with E-state index in [0.29, 0.717) is 5.25 Å². The van der Waals surface area contributed by atoms with Crippen LogP contribution in [0.25, 0.3) is 0 Å². The highest BCUT2D eigenvalue weighted by Gasteiger charge is 2.23. The lowest BCUT2D eigenvalue weighted by molar-refractivity contribution is -0.384. The highest BCUT2D eigenvalue weighted by Crippen LogP contribution is 2.28. The lowest BCUT2D eigenvalue weighted by Crippen LogP contribution is -2.38. The van der Waals surface area contributed by atoms with Gasteiger partial charge in [0.15, 0.2) is 0 Å². The van der Waals surface area contributed by atoms with Gasteiger partial charge in [0.2, 0.25) is 0 Å². The number of non-ortho nitro benzene ring substituents is 1. The number of benzene rings is 1. The highest BCUT2D eigenvalue weighted by atomic mass is 35.5. The summed E-state index contributed by atoms with van der Waals surface area (Å²) in [6.45, 7) is 0. The fourth-order valence-electron chi connectivity index (χ4n) is 2.51. The van der Waals surface area contributed by atoms with E-state index in [1.165, 1.54) is 18.2 Å². The number of nitro groups is 1. The normalized spacial score (nSPS) is 21.8. The van der Waals surface area contributed by atoms with Crippen molar-refractivity contribution < 1.29 is 9.72 Å². The molecule has 21 heavy (non-hydrogen) atoms. The molecular weight excluding hydrogens is 312 g/mol. The van der Waals surface area contributed by atoms with Gasteiger partial charge in [-0.1, -0.05) is 11.6 Å². The number of rotatable bonds is 4. The van der Waals surface area contributed by atoms with Gasteiger partial charge in [0.05, 0.1) is 15.5 Å². The van der Waals surface area contributed by atoms with Gasteiger partial charge in [0.25, 0.3) is 11.6 Å². The van der Waals surface area contributed by atoms with Gasteiger partial charge in [-0.25, -0.2) is 0 Å². The van der Waals surface area contributed by atoms with Gasteiger partial charge < -0.3 is 5.32 Å². The maximum absolute atomic E-state index is 12.2. The van der Waals surface area contributed by atoms with E-state index in [2.05, 4.69) is 11.6 Å². The maximum Gasteiger partial charge on any atom is 0.270 e. The van der Waals surface area contributed by atoms with Crippen LogP contribution in [-0.4, -0.2) is 28.4 Å². The van der Waals surface area contributed by atoms with Crippen LogP contribution in [0.5, 0.6) is 0 Å². The van der Waals surface area contributed by atoms with Crippen molar-refractivity contribution in [3.8, 4) is 0 Å². The summed E-state index contributed by atoms with van der Waals surface area (Å²) >= 11 is 7.83. The molecule has 1 amide bonds. The van der Waals surface area contributed by atoms with E-state index in [9.17, 15) is 14.9 Å². The predicted molar refractivity (Wildman–Crippen MR) is 85.1 cm³/mol. The predicted octanol–water partition coefficient (Wildman–Crippen LogP) is 3.65. The maximum atomic E-state index is 12.2. The Morgan fingerprint density at radius 1 is 1.38 bits per heavy atom. The molecule has 1 aliphatic rings. The second-order valence-corrected chi connectivity index (χ2v) is 6.65. The molecule has 0 heterocycles. The molecule has 1 saturated carbocycles. The second kappa shape index (κ2) is 7.13. The lowest BCUT2D eigenvalue weighted by atomic mass is 9.94. The molecule has 0 saturated heterocycles. The first-order valence-electron chi connectivity index (χ1n) is 6.79. The molecule has 1 N–H and O–H groups in total. The van der Waals surface area contributed by atoms with Crippen molar-refractivity contribution in [2.75, 3.05) is 6.26 Å². The quantitative estimate of drug-likeness (QED) is 0.676. The Labute approximate surface area is 132 Å². The topological polar surface area (TPSA) is 72.2 Å². The molecule has 1 aliphatic carbocycles. The van der Waals surface area contributed by atoms with Crippen LogP contribution in [0, 0.1) is 10.1 Å². The Balaban J connectivity index is 2.03. The van der Waals surface area contributed by atoms with E-state index in [0.717, 1.165) is 25.7 Å². The van der Waals surface area contributed by atoms with Crippen molar-refractivity contribution in [2.45, 2.75) is 37.0 Å². The molecule has 5 nitrogen and oxygen atoms in total. The van der Waals surface area contributed by atoms with Crippen LogP contribution < -0.4 is 5.32 Å². The molecule has 0 spiro atoms. The average molecular weight is 329 g/mol. The standard InChI is InChI=1S/C14H17ClN2O3S/c1-21-11-5-2-9(3-6-11)16-14(18)12-8-10(17(19)20)4-7-13(12)15/h4,7-9,11H,2-3,5-6H2,1H3,(H,16,18). The smallest absolute Gasteiger partial charge is 0.270 e. The zero-order chi connectivity index (χ0) is 15.4. The number of nitrogens with zero attached hydrogens (tertiary/aromatic N) is 1. The van der Waals surface area contributed by atoms with Gasteiger partial charge >= 0.3 is 0 Å². The van der Waals surface area contributed by atoms with Crippen molar-refractivity contribution in [1.82, 2.24) is 5.32 Å².